The molecule has 1 aliphatic rings. The second-order valence-corrected chi connectivity index (χ2v) is 6.48. The molecular formula is C16H17BrN2O2. The number of rotatable bonds is 3. The summed E-state index contributed by atoms with van der Waals surface area (Å²) in [5.74, 6) is 0.485. The Morgan fingerprint density at radius 1 is 1.29 bits per heavy atom. The number of H-pyrrole nitrogens is 1. The van der Waals surface area contributed by atoms with Crippen molar-refractivity contribution in [3.63, 3.8) is 0 Å². The molecule has 0 unspecified atom stereocenters. The fourth-order valence-electron chi connectivity index (χ4n) is 2.96. The Kier molecular flexibility index (Phi) is 4.10. The first-order valence-electron chi connectivity index (χ1n) is 7.17. The average Bonchev–Trinajstić information content (AvgIpc) is 2.97. The molecule has 2 aromatic rings. The van der Waals surface area contributed by atoms with Gasteiger partial charge in [-0.15, -0.1) is 0 Å². The summed E-state index contributed by atoms with van der Waals surface area (Å²) in [6.45, 7) is 0. The molecule has 5 heteroatoms. The molecule has 0 bridgehead atoms. The first-order valence-corrected chi connectivity index (χ1v) is 7.97. The van der Waals surface area contributed by atoms with Gasteiger partial charge in [-0.05, 0) is 37.8 Å². The van der Waals surface area contributed by atoms with Crippen LogP contribution in [0, 0.1) is 5.92 Å². The number of aromatic nitrogens is 2. The van der Waals surface area contributed by atoms with Gasteiger partial charge >= 0.3 is 5.97 Å². The number of carboxylic acids is 1. The van der Waals surface area contributed by atoms with Crippen LogP contribution in [-0.4, -0.2) is 21.0 Å². The summed E-state index contributed by atoms with van der Waals surface area (Å²) in [7, 11) is 0. The lowest BCUT2D eigenvalue weighted by molar-refractivity contribution is -0.142. The second-order valence-electron chi connectivity index (χ2n) is 5.57. The number of benzene rings is 1. The molecule has 1 aromatic carbocycles. The summed E-state index contributed by atoms with van der Waals surface area (Å²) >= 11 is 3.47. The molecule has 0 amide bonds. The van der Waals surface area contributed by atoms with Crippen LogP contribution in [0.5, 0.6) is 0 Å². The fraction of sp³-hybridized carbons (Fsp3) is 0.375. The summed E-state index contributed by atoms with van der Waals surface area (Å²) in [6, 6.07) is 8.06. The largest absolute Gasteiger partial charge is 0.481 e. The molecule has 0 radical (unpaired) electrons. The van der Waals surface area contributed by atoms with E-state index in [1.807, 2.05) is 30.5 Å². The van der Waals surface area contributed by atoms with Gasteiger partial charge in [0.15, 0.2) is 0 Å². The summed E-state index contributed by atoms with van der Waals surface area (Å²) in [5.41, 5.74) is 2.01. The van der Waals surface area contributed by atoms with Gasteiger partial charge in [0, 0.05) is 22.2 Å². The number of halogens is 1. The van der Waals surface area contributed by atoms with Crippen LogP contribution in [0.1, 0.15) is 37.4 Å². The lowest BCUT2D eigenvalue weighted by Crippen LogP contribution is -2.21. The van der Waals surface area contributed by atoms with Gasteiger partial charge in [0.05, 0.1) is 11.6 Å². The third-order valence-electron chi connectivity index (χ3n) is 4.18. The van der Waals surface area contributed by atoms with E-state index in [1.54, 1.807) is 0 Å². The van der Waals surface area contributed by atoms with Crippen molar-refractivity contribution >= 4 is 21.9 Å². The molecule has 1 fully saturated rings. The maximum absolute atomic E-state index is 11.0. The normalized spacial score (nSPS) is 22.1. The highest BCUT2D eigenvalue weighted by molar-refractivity contribution is 9.10. The van der Waals surface area contributed by atoms with Crippen molar-refractivity contribution in [2.75, 3.05) is 0 Å². The van der Waals surface area contributed by atoms with Crippen LogP contribution >= 0.6 is 15.9 Å². The predicted octanol–water partition coefficient (Wildman–Crippen LogP) is 4.20. The van der Waals surface area contributed by atoms with Gasteiger partial charge in [-0.25, -0.2) is 4.98 Å². The quantitative estimate of drug-likeness (QED) is 0.873. The first kappa shape index (κ1) is 14.3. The predicted molar refractivity (Wildman–Crippen MR) is 84.1 cm³/mol. The van der Waals surface area contributed by atoms with E-state index in [2.05, 4.69) is 20.9 Å². The van der Waals surface area contributed by atoms with E-state index in [9.17, 15) is 4.79 Å². The molecule has 4 nitrogen and oxygen atoms in total. The van der Waals surface area contributed by atoms with Gasteiger partial charge in [-0.3, -0.25) is 4.79 Å². The Morgan fingerprint density at radius 2 is 2.05 bits per heavy atom. The summed E-state index contributed by atoms with van der Waals surface area (Å²) in [5, 5.41) is 9.05. The van der Waals surface area contributed by atoms with Crippen LogP contribution in [0.2, 0.25) is 0 Å². The van der Waals surface area contributed by atoms with Crippen LogP contribution in [0.3, 0.4) is 0 Å². The van der Waals surface area contributed by atoms with Crippen LogP contribution < -0.4 is 0 Å². The molecule has 0 saturated heterocycles. The van der Waals surface area contributed by atoms with E-state index in [-0.39, 0.29) is 5.92 Å². The number of nitrogens with one attached hydrogen (secondary N) is 1. The maximum Gasteiger partial charge on any atom is 0.306 e. The number of carboxylic acid groups (broad SMARTS) is 1. The first-order chi connectivity index (χ1) is 10.1. The monoisotopic (exact) mass is 348 g/mol. The molecule has 0 aliphatic heterocycles. The lowest BCUT2D eigenvalue weighted by atomic mass is 9.82. The van der Waals surface area contributed by atoms with Gasteiger partial charge < -0.3 is 10.1 Å². The molecule has 21 heavy (non-hydrogen) atoms. The van der Waals surface area contributed by atoms with Gasteiger partial charge in [0.2, 0.25) is 0 Å². The SMILES string of the molecule is O=C(O)[C@H]1CC[C@H](c2nc(-c3cccc(Br)c3)c[nH]2)CC1. The Labute approximate surface area is 131 Å². The Bertz CT molecular complexity index is 645. The van der Waals surface area contributed by atoms with Gasteiger partial charge in [0.1, 0.15) is 5.82 Å². The average molecular weight is 349 g/mol. The molecule has 2 N–H and O–H groups in total. The summed E-state index contributed by atoms with van der Waals surface area (Å²) < 4.78 is 1.03. The Balaban J connectivity index is 1.73. The highest BCUT2D eigenvalue weighted by atomic mass is 79.9. The second kappa shape index (κ2) is 6.02. The third kappa shape index (κ3) is 3.18. The number of carbonyl (C=O) groups is 1. The molecular weight excluding hydrogens is 332 g/mol. The minimum absolute atomic E-state index is 0.180. The van der Waals surface area contributed by atoms with Crippen molar-refractivity contribution in [2.24, 2.45) is 5.92 Å². The van der Waals surface area contributed by atoms with Crippen LogP contribution in [0.15, 0.2) is 34.9 Å². The van der Waals surface area contributed by atoms with Crippen molar-refractivity contribution in [3.8, 4) is 11.3 Å². The van der Waals surface area contributed by atoms with Gasteiger partial charge in [-0.2, -0.15) is 0 Å². The van der Waals surface area contributed by atoms with Gasteiger partial charge in [-0.1, -0.05) is 28.1 Å². The topological polar surface area (TPSA) is 66.0 Å². The number of aromatic amines is 1. The highest BCUT2D eigenvalue weighted by Crippen LogP contribution is 2.35. The van der Waals surface area contributed by atoms with Crippen molar-refractivity contribution in [3.05, 3.63) is 40.8 Å². The van der Waals surface area contributed by atoms with Gasteiger partial charge in [0.25, 0.3) is 0 Å². The zero-order chi connectivity index (χ0) is 14.8. The summed E-state index contributed by atoms with van der Waals surface area (Å²) in [6.07, 6.45) is 5.20. The van der Waals surface area contributed by atoms with Crippen molar-refractivity contribution in [1.29, 1.82) is 0 Å². The van der Waals surface area contributed by atoms with E-state index in [0.717, 1.165) is 47.2 Å². The van der Waals surface area contributed by atoms with Crippen LogP contribution in [0.4, 0.5) is 0 Å². The lowest BCUT2D eigenvalue weighted by Gasteiger charge is -2.24. The zero-order valence-corrected chi connectivity index (χ0v) is 13.1. The maximum atomic E-state index is 11.0. The zero-order valence-electron chi connectivity index (χ0n) is 11.6. The molecule has 1 aromatic heterocycles. The molecule has 3 rings (SSSR count). The minimum atomic E-state index is -0.664. The summed E-state index contributed by atoms with van der Waals surface area (Å²) in [4.78, 5) is 18.9. The molecule has 1 aliphatic carbocycles. The number of hydrogen-bond acceptors (Lipinski definition) is 2. The number of imidazole rings is 1. The standard InChI is InChI=1S/C16H17BrN2O2/c17-13-3-1-2-12(8-13)14-9-18-15(19-14)10-4-6-11(7-5-10)16(20)21/h1-3,8-11H,4-7H2,(H,18,19)(H,20,21)/t10-,11-. The molecule has 1 saturated carbocycles. The molecule has 0 spiro atoms. The van der Waals surface area contributed by atoms with Crippen molar-refractivity contribution in [1.82, 2.24) is 9.97 Å². The minimum Gasteiger partial charge on any atom is -0.481 e. The Morgan fingerprint density at radius 3 is 2.71 bits per heavy atom. The van der Waals surface area contributed by atoms with Crippen molar-refractivity contribution in [2.45, 2.75) is 31.6 Å². The highest BCUT2D eigenvalue weighted by Gasteiger charge is 2.28. The Hall–Kier alpha value is -1.62. The number of aliphatic carboxylic acids is 1. The van der Waals surface area contributed by atoms with E-state index in [4.69, 9.17) is 10.1 Å². The van der Waals surface area contributed by atoms with Crippen LogP contribution in [-0.2, 0) is 4.79 Å². The molecule has 110 valence electrons. The molecule has 0 atom stereocenters. The van der Waals surface area contributed by atoms with Crippen molar-refractivity contribution < 1.29 is 9.90 Å². The number of nitrogens with zero attached hydrogens (tertiary/aromatic N) is 1. The number of hydrogen-bond donors (Lipinski definition) is 2. The van der Waals surface area contributed by atoms with E-state index >= 15 is 0 Å². The van der Waals surface area contributed by atoms with E-state index in [1.165, 1.54) is 0 Å². The van der Waals surface area contributed by atoms with E-state index in [0.29, 0.717) is 5.92 Å². The van der Waals surface area contributed by atoms with Crippen LogP contribution in [0.25, 0.3) is 11.3 Å². The molecule has 1 heterocycles. The third-order valence-corrected chi connectivity index (χ3v) is 4.67. The smallest absolute Gasteiger partial charge is 0.306 e. The van der Waals surface area contributed by atoms with E-state index < -0.39 is 5.97 Å². The fourth-order valence-corrected chi connectivity index (χ4v) is 3.35.